The molecular formula is C41H50N6O8S2. The Morgan fingerprint density at radius 2 is 1.70 bits per heavy atom. The zero-order valence-electron chi connectivity index (χ0n) is 31.9. The average Bonchev–Trinajstić information content (AvgIpc) is 3.94. The van der Waals surface area contributed by atoms with Crippen LogP contribution in [-0.2, 0) is 42.0 Å². The van der Waals surface area contributed by atoms with Gasteiger partial charge in [0.1, 0.15) is 35.5 Å². The van der Waals surface area contributed by atoms with Crippen LogP contribution in [0.4, 0.5) is 4.79 Å². The van der Waals surface area contributed by atoms with Crippen LogP contribution in [0.2, 0.25) is 0 Å². The van der Waals surface area contributed by atoms with Crippen LogP contribution >= 0.6 is 11.3 Å². The normalized spacial score (nSPS) is 27.7. The molecule has 2 aromatic heterocycles. The van der Waals surface area contributed by atoms with Gasteiger partial charge in [-0.2, -0.15) is 0 Å². The summed E-state index contributed by atoms with van der Waals surface area (Å²) in [5, 5.41) is 7.15. The molecule has 4 fully saturated rings. The topological polar surface area (TPSA) is 186 Å². The number of carbonyl (C=O) groups excluding carboxylic acids is 4. The van der Waals surface area contributed by atoms with Gasteiger partial charge in [0, 0.05) is 17.2 Å². The molecule has 3 N–H and O–H groups in total. The number of alkyl carbamates (subject to hydrolysis) is 1. The highest BCUT2D eigenvalue weighted by Gasteiger charge is 2.62. The lowest BCUT2D eigenvalue weighted by Gasteiger charge is -2.30. The second-order valence-corrected chi connectivity index (χ2v) is 19.0. The number of rotatable bonds is 10. The van der Waals surface area contributed by atoms with Crippen molar-refractivity contribution in [3.05, 3.63) is 64.5 Å². The molecule has 5 atom stereocenters. The van der Waals surface area contributed by atoms with Gasteiger partial charge in [-0.15, -0.1) is 11.3 Å². The van der Waals surface area contributed by atoms with Gasteiger partial charge < -0.3 is 25.0 Å². The molecule has 2 aliphatic heterocycles. The molecule has 0 spiro atoms. The number of amides is 4. The summed E-state index contributed by atoms with van der Waals surface area (Å²) in [5.74, 6) is -1.94. The summed E-state index contributed by atoms with van der Waals surface area (Å²) in [5.41, 5.74) is 0.515. The fourth-order valence-electron chi connectivity index (χ4n) is 8.31. The van der Waals surface area contributed by atoms with E-state index < -0.39 is 68.7 Å². The van der Waals surface area contributed by atoms with Crippen LogP contribution in [-0.4, -0.2) is 88.7 Å². The number of hydrogen-bond donors (Lipinski definition) is 3. The number of allylic oxidation sites excluding steroid dienone is 1. The summed E-state index contributed by atoms with van der Waals surface area (Å²) in [7, 11) is -3.89. The highest BCUT2D eigenvalue weighted by Crippen LogP contribution is 2.46. The fourth-order valence-corrected chi connectivity index (χ4v) is 10.4. The first-order chi connectivity index (χ1) is 27.6. The maximum Gasteiger partial charge on any atom is 0.408 e. The van der Waals surface area contributed by atoms with E-state index in [0.29, 0.717) is 55.6 Å². The summed E-state index contributed by atoms with van der Waals surface area (Å²) in [6, 6.07) is 9.51. The van der Waals surface area contributed by atoms with Gasteiger partial charge in [0.05, 0.1) is 22.8 Å². The van der Waals surface area contributed by atoms with E-state index in [2.05, 4.69) is 21.4 Å². The third kappa shape index (κ3) is 9.11. The van der Waals surface area contributed by atoms with Gasteiger partial charge in [-0.3, -0.25) is 19.1 Å². The Morgan fingerprint density at radius 1 is 0.930 bits per heavy atom. The molecule has 16 heteroatoms. The maximum atomic E-state index is 14.7. The fraction of sp³-hybridized carbons (Fsp3) is 0.561. The number of hydrogen-bond acceptors (Lipinski definition) is 11. The molecule has 4 heterocycles. The molecule has 0 radical (unpaired) electrons. The Kier molecular flexibility index (Phi) is 11.5. The van der Waals surface area contributed by atoms with Crippen molar-refractivity contribution in [3.8, 4) is 5.88 Å². The molecule has 1 aromatic carbocycles. The van der Waals surface area contributed by atoms with E-state index in [1.807, 2.05) is 47.9 Å². The molecule has 3 aliphatic carbocycles. The number of nitrogens with one attached hydrogen (secondary N) is 3. The first-order valence-corrected chi connectivity index (χ1v) is 22.8. The molecule has 4 amide bonds. The van der Waals surface area contributed by atoms with E-state index in [1.54, 1.807) is 11.3 Å². The van der Waals surface area contributed by atoms with E-state index >= 15 is 0 Å². The second-order valence-electron chi connectivity index (χ2n) is 16.0. The predicted octanol–water partition coefficient (Wildman–Crippen LogP) is 4.87. The number of aromatic nitrogens is 2. The van der Waals surface area contributed by atoms with Gasteiger partial charge in [0.15, 0.2) is 0 Å². The minimum atomic E-state index is -3.89. The SMILES string of the molecule is O=C(N[C@H]1CCCCC/C=C\[C@@H]2C[C@@]2(C(=O)NS(=O)(=O)C2CC2)NC(=O)[C@@H]2C[C@@H](Oc3nc4ccccc4nc3CCc3cccs3)CN2C1=O)OC1CCCC1. The lowest BCUT2D eigenvalue weighted by Crippen LogP contribution is -2.58. The summed E-state index contributed by atoms with van der Waals surface area (Å²) < 4.78 is 40.4. The van der Waals surface area contributed by atoms with Crippen molar-refractivity contribution < 1.29 is 37.1 Å². The molecule has 3 aromatic rings. The molecule has 1 saturated heterocycles. The molecule has 57 heavy (non-hydrogen) atoms. The standard InChI is InChI=1S/C41H50N6O8S2/c48-36-35-23-28(54-37-33(21-18-29-14-10-22-56-29)42-31-15-8-9-16-32(31)43-37)25-47(35)38(49)34(44-40(51)55-27-12-6-7-13-27)17-5-3-1-2-4-11-26-24-41(26,45-36)39(50)46-57(52,53)30-19-20-30/h4,8-11,14-16,22,26-28,30,34-35H,1-3,5-7,12-13,17-21,23-25H2,(H,44,51)(H,45,48)(H,46,50)/b11-4-/t26-,28-,34+,35+,41-/m1/s1. The first kappa shape index (κ1) is 39.3. The van der Waals surface area contributed by atoms with Crippen LogP contribution in [0.1, 0.15) is 94.0 Å². The molecule has 0 bridgehead atoms. The Balaban J connectivity index is 1.09. The molecule has 8 rings (SSSR count). The molecule has 5 aliphatic rings. The number of benzene rings is 1. The van der Waals surface area contributed by atoms with E-state index in [1.165, 1.54) is 9.78 Å². The van der Waals surface area contributed by atoms with Crippen LogP contribution in [0.5, 0.6) is 5.88 Å². The van der Waals surface area contributed by atoms with Gasteiger partial charge in [0.25, 0.3) is 5.91 Å². The van der Waals surface area contributed by atoms with E-state index in [-0.39, 0.29) is 25.5 Å². The highest BCUT2D eigenvalue weighted by molar-refractivity contribution is 7.91. The van der Waals surface area contributed by atoms with Crippen LogP contribution < -0.4 is 20.1 Å². The number of carbonyl (C=O) groups is 4. The Hall–Kier alpha value is -4.57. The molecule has 304 valence electrons. The van der Waals surface area contributed by atoms with Gasteiger partial charge in [-0.25, -0.2) is 23.2 Å². The van der Waals surface area contributed by atoms with Crippen molar-refractivity contribution in [1.82, 2.24) is 30.2 Å². The molecule has 14 nitrogen and oxygen atoms in total. The highest BCUT2D eigenvalue weighted by atomic mass is 32.2. The summed E-state index contributed by atoms with van der Waals surface area (Å²) in [6.07, 6.45) is 11.6. The van der Waals surface area contributed by atoms with Gasteiger partial charge in [-0.05, 0) is 101 Å². The monoisotopic (exact) mass is 818 g/mol. The van der Waals surface area contributed by atoms with Gasteiger partial charge in [0.2, 0.25) is 27.7 Å². The quantitative estimate of drug-likeness (QED) is 0.239. The zero-order valence-corrected chi connectivity index (χ0v) is 33.5. The lowest BCUT2D eigenvalue weighted by molar-refractivity contribution is -0.141. The second kappa shape index (κ2) is 16.7. The molecule has 3 saturated carbocycles. The van der Waals surface area contributed by atoms with Crippen molar-refractivity contribution in [2.45, 2.75) is 131 Å². The van der Waals surface area contributed by atoms with Crippen LogP contribution in [0.15, 0.2) is 53.9 Å². The van der Waals surface area contributed by atoms with E-state index in [0.717, 1.165) is 50.5 Å². The van der Waals surface area contributed by atoms with Gasteiger partial charge in [-0.1, -0.05) is 43.2 Å². The zero-order chi connectivity index (χ0) is 39.6. The largest absolute Gasteiger partial charge is 0.471 e. The Morgan fingerprint density at radius 3 is 2.46 bits per heavy atom. The smallest absolute Gasteiger partial charge is 0.408 e. The lowest BCUT2D eigenvalue weighted by atomic mass is 10.0. The van der Waals surface area contributed by atoms with Crippen molar-refractivity contribution in [2.75, 3.05) is 6.54 Å². The van der Waals surface area contributed by atoms with Crippen LogP contribution in [0, 0.1) is 5.92 Å². The Labute approximate surface area is 336 Å². The van der Waals surface area contributed by atoms with Crippen molar-refractivity contribution in [3.63, 3.8) is 0 Å². The number of thiophene rings is 1. The average molecular weight is 819 g/mol. The third-order valence-electron chi connectivity index (χ3n) is 11.8. The number of ether oxygens (including phenoxy) is 2. The number of para-hydroxylation sites is 2. The maximum absolute atomic E-state index is 14.7. The Bertz CT molecular complexity index is 2120. The minimum Gasteiger partial charge on any atom is -0.471 e. The summed E-state index contributed by atoms with van der Waals surface area (Å²) in [6.45, 7) is 0.00420. The number of nitrogens with zero attached hydrogens (tertiary/aromatic N) is 3. The van der Waals surface area contributed by atoms with Crippen LogP contribution in [0.3, 0.4) is 0 Å². The number of aryl methyl sites for hydroxylation is 2. The van der Waals surface area contributed by atoms with Gasteiger partial charge >= 0.3 is 6.09 Å². The van der Waals surface area contributed by atoms with Crippen molar-refractivity contribution in [1.29, 1.82) is 0 Å². The number of sulfonamides is 1. The first-order valence-electron chi connectivity index (χ1n) is 20.3. The molecular weight excluding hydrogens is 769 g/mol. The van der Waals surface area contributed by atoms with Crippen molar-refractivity contribution >= 4 is 56.2 Å². The van der Waals surface area contributed by atoms with Crippen molar-refractivity contribution in [2.24, 2.45) is 5.92 Å². The van der Waals surface area contributed by atoms with E-state index in [4.69, 9.17) is 19.4 Å². The summed E-state index contributed by atoms with van der Waals surface area (Å²) >= 11 is 1.66. The predicted molar refractivity (Wildman–Crippen MR) is 213 cm³/mol. The minimum absolute atomic E-state index is 0.00420. The third-order valence-corrected chi connectivity index (χ3v) is 14.5. The molecule has 0 unspecified atom stereocenters. The van der Waals surface area contributed by atoms with E-state index in [9.17, 15) is 27.6 Å². The summed E-state index contributed by atoms with van der Waals surface area (Å²) in [4.78, 5) is 68.5. The van der Waals surface area contributed by atoms with Crippen LogP contribution in [0.25, 0.3) is 11.0 Å². The number of fused-ring (bicyclic) bond motifs is 3.